The minimum absolute atomic E-state index is 0. The monoisotopic (exact) mass is 483 g/mol. The van der Waals surface area contributed by atoms with Crippen LogP contribution in [0.15, 0.2) is 22.5 Å². The summed E-state index contributed by atoms with van der Waals surface area (Å²) in [6, 6.07) is 4.32. The minimum atomic E-state index is 0. The van der Waals surface area contributed by atoms with Crippen LogP contribution in [0.1, 0.15) is 24.6 Å². The highest BCUT2D eigenvalue weighted by molar-refractivity contribution is 14.0. The van der Waals surface area contributed by atoms with Gasteiger partial charge >= 0.3 is 0 Å². The van der Waals surface area contributed by atoms with Gasteiger partial charge < -0.3 is 15.0 Å². The Morgan fingerprint density at radius 2 is 2.21 bits per heavy atom. The number of ether oxygens (including phenoxy) is 1. The van der Waals surface area contributed by atoms with Crippen molar-refractivity contribution < 1.29 is 4.74 Å². The fourth-order valence-electron chi connectivity index (χ4n) is 2.70. The van der Waals surface area contributed by atoms with Crippen molar-refractivity contribution in [2.24, 2.45) is 4.99 Å². The highest BCUT2D eigenvalue weighted by Gasteiger charge is 2.31. The number of hydrogen-bond donors (Lipinski definition) is 1. The molecule has 2 rings (SSSR count). The van der Waals surface area contributed by atoms with Gasteiger partial charge in [0.15, 0.2) is 5.96 Å². The fourth-order valence-corrected chi connectivity index (χ4v) is 4.16. The maximum Gasteiger partial charge on any atom is 0.193 e. The van der Waals surface area contributed by atoms with E-state index in [9.17, 15) is 0 Å². The summed E-state index contributed by atoms with van der Waals surface area (Å²) in [6.45, 7) is 6.60. The predicted molar refractivity (Wildman–Crippen MR) is 118 cm³/mol. The first-order valence-corrected chi connectivity index (χ1v) is 10.4. The molecule has 1 fully saturated rings. The number of thiophene rings is 1. The van der Waals surface area contributed by atoms with E-state index >= 15 is 0 Å². The summed E-state index contributed by atoms with van der Waals surface area (Å²) >= 11 is 3.77. The number of nitrogens with zero attached hydrogens (tertiary/aromatic N) is 2. The van der Waals surface area contributed by atoms with Crippen LogP contribution in [0.4, 0.5) is 0 Å². The molecule has 0 bridgehead atoms. The van der Waals surface area contributed by atoms with E-state index in [-0.39, 0.29) is 28.7 Å². The van der Waals surface area contributed by atoms with E-state index in [4.69, 9.17) is 9.73 Å². The molecule has 1 aromatic heterocycles. The van der Waals surface area contributed by atoms with Crippen molar-refractivity contribution in [1.82, 2.24) is 10.2 Å². The highest BCUT2D eigenvalue weighted by Crippen LogP contribution is 2.34. The standard InChI is InChI=1S/C17H29N3OS2.HI/c1-4-18-16(20(2)10-7-15-6-5-13-23-15)19-14-17(22-3)8-11-21-12-9-17;/h5-6,13H,4,7-12,14H2,1-3H3,(H,18,19);1H. The molecule has 24 heavy (non-hydrogen) atoms. The molecule has 7 heteroatoms. The Bertz CT molecular complexity index is 476. The van der Waals surface area contributed by atoms with Crippen molar-refractivity contribution >= 4 is 53.0 Å². The largest absolute Gasteiger partial charge is 0.381 e. The fraction of sp³-hybridized carbons (Fsp3) is 0.706. The van der Waals surface area contributed by atoms with Gasteiger partial charge in [-0.25, -0.2) is 0 Å². The zero-order valence-corrected chi connectivity index (χ0v) is 18.9. The molecule has 0 aromatic carbocycles. The summed E-state index contributed by atoms with van der Waals surface area (Å²) < 4.78 is 5.77. The summed E-state index contributed by atoms with van der Waals surface area (Å²) in [4.78, 5) is 8.61. The maximum absolute atomic E-state index is 5.52. The SMILES string of the molecule is CCNC(=NCC1(SC)CCOCC1)N(C)CCc1cccs1.I. The van der Waals surface area contributed by atoms with Gasteiger partial charge in [0.05, 0.1) is 6.54 Å². The second-order valence-electron chi connectivity index (χ2n) is 5.92. The van der Waals surface area contributed by atoms with Gasteiger partial charge in [-0.05, 0) is 43.9 Å². The van der Waals surface area contributed by atoms with Gasteiger partial charge in [-0.1, -0.05) is 6.07 Å². The summed E-state index contributed by atoms with van der Waals surface area (Å²) in [5, 5.41) is 5.57. The normalized spacial score (nSPS) is 17.2. The molecule has 0 radical (unpaired) electrons. The van der Waals surface area contributed by atoms with Gasteiger partial charge in [0.2, 0.25) is 0 Å². The molecule has 1 N–H and O–H groups in total. The molecule has 1 saturated heterocycles. The number of nitrogens with one attached hydrogen (secondary N) is 1. The van der Waals surface area contributed by atoms with E-state index in [0.717, 1.165) is 58.1 Å². The lowest BCUT2D eigenvalue weighted by atomic mass is 9.99. The van der Waals surface area contributed by atoms with Gasteiger partial charge in [0.1, 0.15) is 0 Å². The molecule has 0 aliphatic carbocycles. The summed E-state index contributed by atoms with van der Waals surface area (Å²) in [6.07, 6.45) is 5.46. The number of rotatable bonds is 7. The van der Waals surface area contributed by atoms with Crippen LogP contribution in [-0.4, -0.2) is 61.8 Å². The number of hydrogen-bond acceptors (Lipinski definition) is 4. The second kappa shape index (κ2) is 11.6. The van der Waals surface area contributed by atoms with Gasteiger partial charge in [-0.2, -0.15) is 11.8 Å². The first-order chi connectivity index (χ1) is 11.2. The molecule has 0 spiro atoms. The van der Waals surface area contributed by atoms with Crippen molar-refractivity contribution in [3.05, 3.63) is 22.4 Å². The lowest BCUT2D eigenvalue weighted by Gasteiger charge is -2.34. The van der Waals surface area contributed by atoms with E-state index in [2.05, 4.69) is 48.0 Å². The zero-order valence-electron chi connectivity index (χ0n) is 14.9. The smallest absolute Gasteiger partial charge is 0.193 e. The third-order valence-electron chi connectivity index (χ3n) is 4.32. The van der Waals surface area contributed by atoms with Crippen molar-refractivity contribution in [3.63, 3.8) is 0 Å². The zero-order chi connectivity index (χ0) is 16.5. The van der Waals surface area contributed by atoms with E-state index in [1.807, 2.05) is 23.1 Å². The average Bonchev–Trinajstić information content (AvgIpc) is 3.11. The number of guanidine groups is 1. The molecular weight excluding hydrogens is 453 g/mol. The molecule has 0 amide bonds. The van der Waals surface area contributed by atoms with Gasteiger partial charge in [-0.15, -0.1) is 35.3 Å². The molecular formula is C17H30IN3OS2. The Kier molecular flexibility index (Phi) is 10.7. The molecule has 1 aromatic rings. The van der Waals surface area contributed by atoms with Crippen LogP contribution in [0.25, 0.3) is 0 Å². The van der Waals surface area contributed by atoms with Crippen molar-refractivity contribution in [1.29, 1.82) is 0 Å². The first kappa shape index (κ1) is 22.1. The molecule has 0 atom stereocenters. The van der Waals surface area contributed by atoms with Gasteiger partial charge in [0, 0.05) is 43.0 Å². The van der Waals surface area contributed by atoms with Gasteiger partial charge in [-0.3, -0.25) is 4.99 Å². The highest BCUT2D eigenvalue weighted by atomic mass is 127. The molecule has 1 aliphatic heterocycles. The number of aliphatic imine (C=N–C) groups is 1. The lowest BCUT2D eigenvalue weighted by molar-refractivity contribution is 0.0793. The quantitative estimate of drug-likeness (QED) is 0.365. The molecule has 1 aliphatic rings. The summed E-state index contributed by atoms with van der Waals surface area (Å²) in [5.74, 6) is 1.02. The van der Waals surface area contributed by atoms with Crippen LogP contribution in [0.3, 0.4) is 0 Å². The van der Waals surface area contributed by atoms with Crippen LogP contribution in [-0.2, 0) is 11.2 Å². The Morgan fingerprint density at radius 3 is 2.79 bits per heavy atom. The second-order valence-corrected chi connectivity index (χ2v) is 8.23. The van der Waals surface area contributed by atoms with Crippen LogP contribution >= 0.6 is 47.1 Å². The third kappa shape index (κ3) is 6.72. The third-order valence-corrected chi connectivity index (χ3v) is 6.66. The van der Waals surface area contributed by atoms with E-state index < -0.39 is 0 Å². The van der Waals surface area contributed by atoms with Gasteiger partial charge in [0.25, 0.3) is 0 Å². The average molecular weight is 483 g/mol. The lowest BCUT2D eigenvalue weighted by Crippen LogP contribution is -2.42. The first-order valence-electron chi connectivity index (χ1n) is 8.34. The van der Waals surface area contributed by atoms with Crippen LogP contribution in [0.2, 0.25) is 0 Å². The predicted octanol–water partition coefficient (Wildman–Crippen LogP) is 3.72. The number of halogens is 1. The molecule has 4 nitrogen and oxygen atoms in total. The van der Waals surface area contributed by atoms with E-state index in [0.29, 0.717) is 0 Å². The Hall–Kier alpha value is 0.01000. The minimum Gasteiger partial charge on any atom is -0.381 e. The van der Waals surface area contributed by atoms with Crippen LogP contribution in [0.5, 0.6) is 0 Å². The molecule has 2 heterocycles. The van der Waals surface area contributed by atoms with Crippen molar-refractivity contribution in [2.45, 2.75) is 30.9 Å². The topological polar surface area (TPSA) is 36.9 Å². The van der Waals surface area contributed by atoms with Crippen molar-refractivity contribution in [3.8, 4) is 0 Å². The molecule has 0 saturated carbocycles. The maximum atomic E-state index is 5.52. The van der Waals surface area contributed by atoms with Crippen LogP contribution < -0.4 is 5.32 Å². The van der Waals surface area contributed by atoms with Crippen LogP contribution in [0, 0.1) is 0 Å². The number of likely N-dealkylation sites (N-methyl/N-ethyl adjacent to an activating group) is 1. The van der Waals surface area contributed by atoms with Crippen molar-refractivity contribution in [2.75, 3.05) is 46.2 Å². The number of thioether (sulfide) groups is 1. The van der Waals surface area contributed by atoms with E-state index in [1.165, 1.54) is 4.88 Å². The van der Waals surface area contributed by atoms with E-state index in [1.54, 1.807) is 0 Å². The Balaban J connectivity index is 0.00000288. The summed E-state index contributed by atoms with van der Waals surface area (Å²) in [5.41, 5.74) is 0. The Morgan fingerprint density at radius 1 is 1.46 bits per heavy atom. The molecule has 138 valence electrons. The molecule has 0 unspecified atom stereocenters. The Labute approximate surface area is 171 Å². The summed E-state index contributed by atoms with van der Waals surface area (Å²) in [7, 11) is 2.13.